The molecule has 0 aromatic heterocycles. The summed E-state index contributed by atoms with van der Waals surface area (Å²) >= 11 is 0. The molecular formula is C26H33NO4. The van der Waals surface area contributed by atoms with E-state index in [4.69, 9.17) is 9.47 Å². The molecule has 5 aliphatic carbocycles. The van der Waals surface area contributed by atoms with Gasteiger partial charge in [0.15, 0.2) is 11.5 Å². The SMILES string of the molecule is CO[C@]12C=C[C@]3(C[C@@]14CCC(C)(C)[C@H]4O)[C@H]1Cc4ccc(O)c5c4[C@@]3(CCN1C)[C@H]2O5. The molecule has 1 saturated heterocycles. The van der Waals surface area contributed by atoms with E-state index in [1.165, 1.54) is 11.1 Å². The molecule has 166 valence electrons. The summed E-state index contributed by atoms with van der Waals surface area (Å²) in [6.07, 6.45) is 8.79. The number of aliphatic hydroxyl groups excluding tert-OH is 1. The summed E-state index contributed by atoms with van der Waals surface area (Å²) in [5, 5.41) is 22.7. The molecule has 3 spiro atoms. The molecule has 1 aromatic rings. The predicted octanol–water partition coefficient (Wildman–Crippen LogP) is 3.16. The molecule has 31 heavy (non-hydrogen) atoms. The van der Waals surface area contributed by atoms with Crippen LogP contribution in [0.25, 0.3) is 0 Å². The number of phenolic OH excluding ortho intramolecular Hbond substituents is 1. The lowest BCUT2D eigenvalue weighted by Gasteiger charge is -2.74. The smallest absolute Gasteiger partial charge is 0.165 e. The molecule has 0 unspecified atom stereocenters. The van der Waals surface area contributed by atoms with Gasteiger partial charge in [0.05, 0.1) is 11.5 Å². The molecule has 5 nitrogen and oxygen atoms in total. The van der Waals surface area contributed by atoms with Crippen LogP contribution < -0.4 is 4.74 Å². The molecule has 5 heteroatoms. The van der Waals surface area contributed by atoms with Gasteiger partial charge in [0.1, 0.15) is 11.7 Å². The van der Waals surface area contributed by atoms with Gasteiger partial charge in [0, 0.05) is 29.5 Å². The number of benzene rings is 1. The standard InChI is InChI=1S/C26H33NO4/c1-22(2)7-8-24(20(22)29)14-23-9-10-26(24,30-4)21-25(23)11-12-27(3)17(23)13-15-5-6-16(28)19(31-21)18(15)25/h5-6,9-10,17,20-21,28-29H,7-8,11-14H2,1-4H3/t17-,20-,21-,23+,24-,25+,26+/m1/s1. The minimum absolute atomic E-state index is 0.127. The second kappa shape index (κ2) is 5.16. The number of likely N-dealkylation sites (N-methyl/N-ethyl adjacent to an activating group) is 1. The van der Waals surface area contributed by atoms with Crippen LogP contribution in [0.1, 0.15) is 50.7 Å². The van der Waals surface area contributed by atoms with Gasteiger partial charge in [-0.05, 0) is 62.7 Å². The Bertz CT molecular complexity index is 1050. The van der Waals surface area contributed by atoms with Crippen LogP contribution in [-0.4, -0.2) is 59.7 Å². The van der Waals surface area contributed by atoms with Crippen LogP contribution in [0.4, 0.5) is 0 Å². The summed E-state index contributed by atoms with van der Waals surface area (Å²) in [5.41, 5.74) is 0.949. The first-order chi connectivity index (χ1) is 14.7. The maximum Gasteiger partial charge on any atom is 0.165 e. The lowest BCUT2D eigenvalue weighted by Crippen LogP contribution is -2.82. The number of nitrogens with zero attached hydrogens (tertiary/aromatic N) is 1. The molecule has 0 amide bonds. The van der Waals surface area contributed by atoms with Gasteiger partial charge in [0.2, 0.25) is 0 Å². The fraction of sp³-hybridized carbons (Fsp3) is 0.692. The molecule has 1 aromatic carbocycles. The van der Waals surface area contributed by atoms with E-state index in [-0.39, 0.29) is 33.5 Å². The van der Waals surface area contributed by atoms with Crippen molar-refractivity contribution in [3.63, 3.8) is 0 Å². The first kappa shape index (κ1) is 19.0. The van der Waals surface area contributed by atoms with Crippen molar-refractivity contribution >= 4 is 0 Å². The number of methoxy groups -OCH3 is 1. The second-order valence-electron chi connectivity index (χ2n) is 12.0. The number of rotatable bonds is 1. The zero-order chi connectivity index (χ0) is 21.6. The number of ether oxygens (including phenoxy) is 2. The summed E-state index contributed by atoms with van der Waals surface area (Å²) in [7, 11) is 4.05. The number of piperidine rings is 1. The second-order valence-corrected chi connectivity index (χ2v) is 12.0. The first-order valence-corrected chi connectivity index (χ1v) is 11.8. The number of hydrogen-bond donors (Lipinski definition) is 2. The highest BCUT2D eigenvalue weighted by atomic mass is 16.6. The van der Waals surface area contributed by atoms with Gasteiger partial charge < -0.3 is 24.6 Å². The van der Waals surface area contributed by atoms with Gasteiger partial charge in [-0.1, -0.05) is 32.1 Å². The van der Waals surface area contributed by atoms with Gasteiger partial charge in [-0.15, -0.1) is 0 Å². The Labute approximate surface area is 184 Å². The summed E-state index contributed by atoms with van der Waals surface area (Å²) in [6, 6.07) is 4.26. The van der Waals surface area contributed by atoms with Crippen molar-refractivity contribution in [3.05, 3.63) is 35.4 Å². The average molecular weight is 424 g/mol. The highest BCUT2D eigenvalue weighted by molar-refractivity contribution is 5.65. The Balaban J connectivity index is 1.58. The van der Waals surface area contributed by atoms with Crippen molar-refractivity contribution in [2.24, 2.45) is 16.2 Å². The third kappa shape index (κ3) is 1.63. The highest BCUT2D eigenvalue weighted by Gasteiger charge is 2.84. The molecule has 3 fully saturated rings. The van der Waals surface area contributed by atoms with Crippen LogP contribution in [0.2, 0.25) is 0 Å². The zero-order valence-electron chi connectivity index (χ0n) is 18.9. The van der Waals surface area contributed by atoms with E-state index in [1.807, 2.05) is 0 Å². The zero-order valence-corrected chi connectivity index (χ0v) is 18.9. The number of aromatic hydroxyl groups is 1. The van der Waals surface area contributed by atoms with E-state index in [0.717, 1.165) is 38.6 Å². The molecule has 4 bridgehead atoms. The minimum atomic E-state index is -0.706. The molecule has 0 radical (unpaired) electrons. The molecule has 2 saturated carbocycles. The maximum absolute atomic E-state index is 11.9. The minimum Gasteiger partial charge on any atom is -0.504 e. The van der Waals surface area contributed by atoms with Crippen molar-refractivity contribution < 1.29 is 19.7 Å². The third-order valence-electron chi connectivity index (χ3n) is 10.8. The van der Waals surface area contributed by atoms with Crippen LogP contribution in [0.3, 0.4) is 0 Å². The fourth-order valence-corrected chi connectivity index (χ4v) is 9.49. The van der Waals surface area contributed by atoms with E-state index in [9.17, 15) is 10.2 Å². The molecule has 8 rings (SSSR count). The van der Waals surface area contributed by atoms with Crippen molar-refractivity contribution in [1.29, 1.82) is 0 Å². The van der Waals surface area contributed by atoms with Crippen LogP contribution in [-0.2, 0) is 16.6 Å². The lowest BCUT2D eigenvalue weighted by molar-refractivity contribution is -0.271. The Hall–Kier alpha value is -1.56. The lowest BCUT2D eigenvalue weighted by atomic mass is 9.33. The van der Waals surface area contributed by atoms with E-state index in [1.54, 1.807) is 13.2 Å². The highest BCUT2D eigenvalue weighted by Crippen LogP contribution is 2.79. The Morgan fingerprint density at radius 2 is 1.97 bits per heavy atom. The van der Waals surface area contributed by atoms with Crippen LogP contribution >= 0.6 is 0 Å². The van der Waals surface area contributed by atoms with Gasteiger partial charge in [-0.3, -0.25) is 0 Å². The topological polar surface area (TPSA) is 62.2 Å². The third-order valence-corrected chi connectivity index (χ3v) is 10.8. The predicted molar refractivity (Wildman–Crippen MR) is 116 cm³/mol. The van der Waals surface area contributed by atoms with Gasteiger partial charge in [0.25, 0.3) is 0 Å². The summed E-state index contributed by atoms with van der Waals surface area (Å²) in [4.78, 5) is 2.53. The van der Waals surface area contributed by atoms with Crippen molar-refractivity contribution in [3.8, 4) is 11.5 Å². The normalized spacial score (nSPS) is 50.0. The summed E-state index contributed by atoms with van der Waals surface area (Å²) < 4.78 is 13.3. The van der Waals surface area contributed by atoms with Gasteiger partial charge in [-0.2, -0.15) is 0 Å². The molecular weight excluding hydrogens is 390 g/mol. The molecule has 7 aliphatic rings. The molecule has 2 heterocycles. The quantitative estimate of drug-likeness (QED) is 0.680. The van der Waals surface area contributed by atoms with Gasteiger partial charge in [-0.25, -0.2) is 0 Å². The number of phenols is 1. The molecule has 2 aliphatic heterocycles. The van der Waals surface area contributed by atoms with Crippen molar-refractivity contribution in [1.82, 2.24) is 4.90 Å². The molecule has 7 atom stereocenters. The van der Waals surface area contributed by atoms with Crippen molar-refractivity contribution in [2.75, 3.05) is 20.7 Å². The average Bonchev–Trinajstić information content (AvgIpc) is 3.22. The summed E-state index contributed by atoms with van der Waals surface area (Å²) in [5.74, 6) is 0.908. The number of likely N-dealkylation sites (tertiary alicyclic amines) is 1. The van der Waals surface area contributed by atoms with E-state index in [0.29, 0.717) is 11.8 Å². The van der Waals surface area contributed by atoms with E-state index < -0.39 is 11.7 Å². The Morgan fingerprint density at radius 1 is 1.16 bits per heavy atom. The first-order valence-electron chi connectivity index (χ1n) is 11.8. The van der Waals surface area contributed by atoms with E-state index in [2.05, 4.69) is 44.0 Å². The Morgan fingerprint density at radius 3 is 2.68 bits per heavy atom. The monoisotopic (exact) mass is 423 g/mol. The van der Waals surface area contributed by atoms with Crippen LogP contribution in [0.5, 0.6) is 11.5 Å². The summed E-state index contributed by atoms with van der Waals surface area (Å²) in [6.45, 7) is 5.39. The largest absolute Gasteiger partial charge is 0.504 e. The van der Waals surface area contributed by atoms with Gasteiger partial charge >= 0.3 is 0 Å². The maximum atomic E-state index is 11.9. The fourth-order valence-electron chi connectivity index (χ4n) is 9.49. The molecule has 2 N–H and O–H groups in total. The Kier molecular flexibility index (Phi) is 3.15. The van der Waals surface area contributed by atoms with Crippen LogP contribution in [0, 0.1) is 16.2 Å². The van der Waals surface area contributed by atoms with E-state index >= 15 is 0 Å². The number of aliphatic hydroxyl groups is 1. The number of hydrogen-bond acceptors (Lipinski definition) is 5. The van der Waals surface area contributed by atoms with Crippen molar-refractivity contribution in [2.45, 2.75) is 75.2 Å². The van der Waals surface area contributed by atoms with Crippen LogP contribution in [0.15, 0.2) is 24.3 Å².